The topological polar surface area (TPSA) is 21.3 Å². The summed E-state index contributed by atoms with van der Waals surface area (Å²) in [5.74, 6) is 0.828. The van der Waals surface area contributed by atoms with Crippen LogP contribution in [0.2, 0.25) is 5.02 Å². The average Bonchev–Trinajstić information content (AvgIpc) is 2.75. The molecule has 2 rings (SSSR count). The number of benzene rings is 1. The number of thiophene rings is 1. The molecule has 1 aromatic heterocycles. The molecule has 0 radical (unpaired) electrons. The highest BCUT2D eigenvalue weighted by molar-refractivity contribution is 9.10. The van der Waals surface area contributed by atoms with Gasteiger partial charge in [0.25, 0.3) is 0 Å². The maximum absolute atomic E-state index is 6.01. The molecule has 96 valence electrons. The molecule has 0 aliphatic rings. The Morgan fingerprint density at radius 3 is 2.89 bits per heavy atom. The summed E-state index contributed by atoms with van der Waals surface area (Å²) >= 11 is 11.2. The highest BCUT2D eigenvalue weighted by Gasteiger charge is 2.06. The van der Waals surface area contributed by atoms with Gasteiger partial charge < -0.3 is 10.1 Å². The molecule has 0 saturated heterocycles. The number of nitrogens with one attached hydrogen (secondary N) is 1. The van der Waals surface area contributed by atoms with Gasteiger partial charge in [-0.05, 0) is 52.5 Å². The second kappa shape index (κ2) is 6.45. The first-order valence-corrected chi connectivity index (χ1v) is 7.64. The van der Waals surface area contributed by atoms with E-state index in [1.165, 1.54) is 4.88 Å². The molecule has 18 heavy (non-hydrogen) atoms. The molecule has 0 unspecified atom stereocenters. The summed E-state index contributed by atoms with van der Waals surface area (Å²) in [5, 5.41) is 6.11. The van der Waals surface area contributed by atoms with Crippen molar-refractivity contribution >= 4 is 44.6 Å². The van der Waals surface area contributed by atoms with Crippen molar-refractivity contribution in [2.45, 2.75) is 13.5 Å². The molecule has 0 spiro atoms. The Morgan fingerprint density at radius 2 is 2.22 bits per heavy atom. The number of anilines is 1. The fraction of sp³-hybridized carbons (Fsp3) is 0.231. The van der Waals surface area contributed by atoms with E-state index in [9.17, 15) is 0 Å². The van der Waals surface area contributed by atoms with E-state index in [2.05, 4.69) is 26.6 Å². The van der Waals surface area contributed by atoms with Crippen molar-refractivity contribution in [2.75, 3.05) is 11.9 Å². The van der Waals surface area contributed by atoms with Crippen LogP contribution in [0, 0.1) is 0 Å². The predicted molar refractivity (Wildman–Crippen MR) is 82.0 cm³/mol. The molecule has 1 aromatic carbocycles. The Balaban J connectivity index is 2.12. The summed E-state index contributed by atoms with van der Waals surface area (Å²) in [6, 6.07) is 7.65. The number of ether oxygens (including phenoxy) is 1. The fourth-order valence-electron chi connectivity index (χ4n) is 1.55. The lowest BCUT2D eigenvalue weighted by molar-refractivity contribution is 0.341. The van der Waals surface area contributed by atoms with Crippen molar-refractivity contribution in [3.05, 3.63) is 44.0 Å². The second-order valence-electron chi connectivity index (χ2n) is 3.62. The van der Waals surface area contributed by atoms with Crippen molar-refractivity contribution < 1.29 is 4.74 Å². The number of halogens is 2. The summed E-state index contributed by atoms with van der Waals surface area (Å²) in [6.45, 7) is 3.35. The lowest BCUT2D eigenvalue weighted by Gasteiger charge is -2.12. The second-order valence-corrected chi connectivity index (χ2v) is 5.91. The maximum atomic E-state index is 6.01. The zero-order chi connectivity index (χ0) is 13.0. The summed E-state index contributed by atoms with van der Waals surface area (Å²) in [7, 11) is 0. The van der Waals surface area contributed by atoms with Gasteiger partial charge in [0.2, 0.25) is 0 Å². The Morgan fingerprint density at radius 1 is 1.39 bits per heavy atom. The molecule has 1 N–H and O–H groups in total. The highest BCUT2D eigenvalue weighted by Crippen LogP contribution is 2.30. The van der Waals surface area contributed by atoms with Crippen molar-refractivity contribution in [3.63, 3.8) is 0 Å². The normalized spacial score (nSPS) is 10.4. The molecule has 0 bridgehead atoms. The molecule has 0 aliphatic heterocycles. The molecule has 0 aliphatic carbocycles. The van der Waals surface area contributed by atoms with Crippen LogP contribution in [-0.4, -0.2) is 6.61 Å². The van der Waals surface area contributed by atoms with E-state index in [0.29, 0.717) is 11.6 Å². The molecule has 2 nitrogen and oxygen atoms in total. The van der Waals surface area contributed by atoms with Crippen LogP contribution < -0.4 is 10.1 Å². The average molecular weight is 347 g/mol. The van der Waals surface area contributed by atoms with Crippen LogP contribution >= 0.6 is 38.9 Å². The fourth-order valence-corrected chi connectivity index (χ4v) is 3.15. The van der Waals surface area contributed by atoms with Gasteiger partial charge in [-0.3, -0.25) is 0 Å². The first-order chi connectivity index (χ1) is 8.70. The van der Waals surface area contributed by atoms with Crippen LogP contribution in [0.25, 0.3) is 0 Å². The molecule has 0 fully saturated rings. The zero-order valence-corrected chi connectivity index (χ0v) is 13.0. The minimum atomic E-state index is 0.638. The largest absolute Gasteiger partial charge is 0.492 e. The Bertz CT molecular complexity index is 529. The lowest BCUT2D eigenvalue weighted by Crippen LogP contribution is -2.02. The van der Waals surface area contributed by atoms with E-state index in [1.54, 1.807) is 11.3 Å². The Hall–Kier alpha value is -0.710. The standard InChI is InChI=1S/C13H13BrClNOS/c1-2-17-12-4-3-9(15)7-11(12)16-8-13-10(14)5-6-18-13/h3-7,16H,2,8H2,1H3. The highest BCUT2D eigenvalue weighted by atomic mass is 79.9. The molecule has 5 heteroatoms. The molecular formula is C13H13BrClNOS. The third-order valence-corrected chi connectivity index (χ3v) is 4.53. The van der Waals surface area contributed by atoms with E-state index in [-0.39, 0.29) is 0 Å². The molecule has 1 heterocycles. The Labute approximate surface area is 124 Å². The van der Waals surface area contributed by atoms with Crippen molar-refractivity contribution in [1.82, 2.24) is 0 Å². The van der Waals surface area contributed by atoms with E-state index < -0.39 is 0 Å². The smallest absolute Gasteiger partial charge is 0.142 e. The minimum absolute atomic E-state index is 0.638. The monoisotopic (exact) mass is 345 g/mol. The van der Waals surface area contributed by atoms with E-state index in [1.807, 2.05) is 31.2 Å². The van der Waals surface area contributed by atoms with Crippen molar-refractivity contribution in [2.24, 2.45) is 0 Å². The van der Waals surface area contributed by atoms with Gasteiger partial charge in [-0.1, -0.05) is 11.6 Å². The van der Waals surface area contributed by atoms with Gasteiger partial charge in [0.05, 0.1) is 18.8 Å². The summed E-state index contributed by atoms with van der Waals surface area (Å²) in [6.07, 6.45) is 0. The molecule has 2 aromatic rings. The molecule has 0 atom stereocenters. The van der Waals surface area contributed by atoms with Crippen LogP contribution in [0.4, 0.5) is 5.69 Å². The SMILES string of the molecule is CCOc1ccc(Cl)cc1NCc1sccc1Br. The number of hydrogen-bond acceptors (Lipinski definition) is 3. The van der Waals surface area contributed by atoms with Gasteiger partial charge in [-0.25, -0.2) is 0 Å². The van der Waals surface area contributed by atoms with Crippen LogP contribution in [0.15, 0.2) is 34.1 Å². The Kier molecular flexibility index (Phi) is 4.92. The van der Waals surface area contributed by atoms with Crippen LogP contribution in [0.5, 0.6) is 5.75 Å². The van der Waals surface area contributed by atoms with Crippen LogP contribution in [-0.2, 0) is 6.54 Å². The molecule has 0 amide bonds. The summed E-state index contributed by atoms with van der Waals surface area (Å²) < 4.78 is 6.69. The number of rotatable bonds is 5. The third kappa shape index (κ3) is 3.40. The number of hydrogen-bond donors (Lipinski definition) is 1. The maximum Gasteiger partial charge on any atom is 0.142 e. The third-order valence-electron chi connectivity index (χ3n) is 2.37. The van der Waals surface area contributed by atoms with Crippen molar-refractivity contribution in [1.29, 1.82) is 0 Å². The van der Waals surface area contributed by atoms with E-state index in [0.717, 1.165) is 22.5 Å². The van der Waals surface area contributed by atoms with E-state index in [4.69, 9.17) is 16.3 Å². The van der Waals surface area contributed by atoms with Gasteiger partial charge in [0, 0.05) is 14.4 Å². The van der Waals surface area contributed by atoms with Gasteiger partial charge in [0.1, 0.15) is 5.75 Å². The van der Waals surface area contributed by atoms with Crippen molar-refractivity contribution in [3.8, 4) is 5.75 Å². The first kappa shape index (κ1) is 13.7. The van der Waals surface area contributed by atoms with Gasteiger partial charge in [-0.2, -0.15) is 0 Å². The van der Waals surface area contributed by atoms with Crippen LogP contribution in [0.3, 0.4) is 0 Å². The van der Waals surface area contributed by atoms with Gasteiger partial charge >= 0.3 is 0 Å². The lowest BCUT2D eigenvalue weighted by atomic mass is 10.3. The van der Waals surface area contributed by atoms with Gasteiger partial charge in [0.15, 0.2) is 0 Å². The predicted octanol–water partition coefficient (Wildman–Crippen LogP) is 5.17. The first-order valence-electron chi connectivity index (χ1n) is 5.58. The summed E-state index contributed by atoms with van der Waals surface area (Å²) in [4.78, 5) is 1.25. The molecule has 0 saturated carbocycles. The van der Waals surface area contributed by atoms with E-state index >= 15 is 0 Å². The molecular weight excluding hydrogens is 334 g/mol. The van der Waals surface area contributed by atoms with Crippen LogP contribution in [0.1, 0.15) is 11.8 Å². The quantitative estimate of drug-likeness (QED) is 0.806. The minimum Gasteiger partial charge on any atom is -0.492 e. The summed E-state index contributed by atoms with van der Waals surface area (Å²) in [5.41, 5.74) is 0.921. The van der Waals surface area contributed by atoms with Gasteiger partial charge in [-0.15, -0.1) is 11.3 Å². The zero-order valence-electron chi connectivity index (χ0n) is 9.87.